The van der Waals surface area contributed by atoms with Crippen molar-refractivity contribution in [2.24, 2.45) is 0 Å². The molecule has 0 aliphatic heterocycles. The highest BCUT2D eigenvalue weighted by Gasteiger charge is 2.13. The Morgan fingerprint density at radius 2 is 2.07 bits per heavy atom. The first-order valence-corrected chi connectivity index (χ1v) is 9.12. The van der Waals surface area contributed by atoms with E-state index in [4.69, 9.17) is 0 Å². The van der Waals surface area contributed by atoms with E-state index >= 15 is 0 Å². The number of hydrogen-bond acceptors (Lipinski definition) is 6. The summed E-state index contributed by atoms with van der Waals surface area (Å²) >= 11 is 1.34. The number of rotatable bonds is 4. The van der Waals surface area contributed by atoms with Gasteiger partial charge in [0.1, 0.15) is 5.56 Å². The predicted molar refractivity (Wildman–Crippen MR) is 101 cm³/mol. The molecule has 0 saturated carbocycles. The standard InChI is InChI=1S/C18H16N6O2S/c1-11-7-12(2)24(22-11)15-4-3-13(8-19-15)9-20-16(25)14-10-21-18-23(17(14)26)5-6-27-18/h3-8,10H,9H2,1-2H3,(H,20,25). The molecule has 8 nitrogen and oxygen atoms in total. The summed E-state index contributed by atoms with van der Waals surface area (Å²) < 4.78 is 3.13. The van der Waals surface area contributed by atoms with Gasteiger partial charge in [-0.25, -0.2) is 14.6 Å². The first kappa shape index (κ1) is 17.1. The number of pyridine rings is 1. The molecule has 0 atom stereocenters. The summed E-state index contributed by atoms with van der Waals surface area (Å²) in [5.74, 6) is 0.247. The number of thiazole rings is 1. The van der Waals surface area contributed by atoms with Crippen LogP contribution in [0.3, 0.4) is 0 Å². The first-order chi connectivity index (χ1) is 13.0. The number of aromatic nitrogens is 5. The van der Waals surface area contributed by atoms with E-state index in [0.717, 1.165) is 17.0 Å². The molecule has 1 amide bonds. The minimum Gasteiger partial charge on any atom is -0.348 e. The van der Waals surface area contributed by atoms with Gasteiger partial charge in [-0.05, 0) is 31.5 Å². The number of nitrogens with one attached hydrogen (secondary N) is 1. The Kier molecular flexibility index (Phi) is 4.28. The van der Waals surface area contributed by atoms with Crippen molar-refractivity contribution in [3.8, 4) is 5.82 Å². The van der Waals surface area contributed by atoms with E-state index in [0.29, 0.717) is 10.8 Å². The molecule has 9 heteroatoms. The Hall–Kier alpha value is -3.33. The lowest BCUT2D eigenvalue weighted by molar-refractivity contribution is 0.0949. The second kappa shape index (κ2) is 6.76. The third-order valence-corrected chi connectivity index (χ3v) is 4.85. The van der Waals surface area contributed by atoms with Crippen molar-refractivity contribution in [3.63, 3.8) is 0 Å². The summed E-state index contributed by atoms with van der Waals surface area (Å²) in [7, 11) is 0. The summed E-state index contributed by atoms with van der Waals surface area (Å²) in [5, 5.41) is 8.88. The van der Waals surface area contributed by atoms with E-state index in [1.54, 1.807) is 22.5 Å². The number of aryl methyl sites for hydroxylation is 2. The van der Waals surface area contributed by atoms with Crippen molar-refractivity contribution >= 4 is 22.2 Å². The van der Waals surface area contributed by atoms with E-state index in [1.165, 1.54) is 21.9 Å². The molecule has 4 heterocycles. The average Bonchev–Trinajstić information content (AvgIpc) is 3.27. The Morgan fingerprint density at radius 1 is 1.22 bits per heavy atom. The van der Waals surface area contributed by atoms with Crippen LogP contribution >= 0.6 is 11.3 Å². The highest BCUT2D eigenvalue weighted by molar-refractivity contribution is 7.15. The van der Waals surface area contributed by atoms with Crippen LogP contribution in [-0.4, -0.2) is 30.1 Å². The lowest BCUT2D eigenvalue weighted by atomic mass is 10.2. The predicted octanol–water partition coefficient (Wildman–Crippen LogP) is 1.88. The largest absolute Gasteiger partial charge is 0.348 e. The summed E-state index contributed by atoms with van der Waals surface area (Å²) in [4.78, 5) is 33.8. The second-order valence-electron chi connectivity index (χ2n) is 6.08. The van der Waals surface area contributed by atoms with E-state index in [2.05, 4.69) is 20.4 Å². The van der Waals surface area contributed by atoms with Crippen LogP contribution in [0.25, 0.3) is 10.8 Å². The number of amides is 1. The van der Waals surface area contributed by atoms with Crippen molar-refractivity contribution in [1.29, 1.82) is 0 Å². The van der Waals surface area contributed by atoms with Crippen molar-refractivity contribution in [2.75, 3.05) is 0 Å². The number of fused-ring (bicyclic) bond motifs is 1. The second-order valence-corrected chi connectivity index (χ2v) is 6.95. The van der Waals surface area contributed by atoms with Crippen molar-refractivity contribution in [2.45, 2.75) is 20.4 Å². The number of carbonyl (C=O) groups excluding carboxylic acids is 1. The van der Waals surface area contributed by atoms with Crippen LogP contribution in [0.1, 0.15) is 27.3 Å². The molecule has 136 valence electrons. The summed E-state index contributed by atoms with van der Waals surface area (Å²) in [5.41, 5.74) is 2.37. The van der Waals surface area contributed by atoms with Gasteiger partial charge < -0.3 is 5.32 Å². The molecule has 0 bridgehead atoms. The van der Waals surface area contributed by atoms with E-state index in [1.807, 2.05) is 32.0 Å². The zero-order chi connectivity index (χ0) is 19.0. The van der Waals surface area contributed by atoms with Gasteiger partial charge in [0.05, 0.1) is 5.69 Å². The maximum atomic E-state index is 12.3. The minimum atomic E-state index is -0.462. The molecule has 0 aromatic carbocycles. The summed E-state index contributed by atoms with van der Waals surface area (Å²) in [6.45, 7) is 4.15. The van der Waals surface area contributed by atoms with Gasteiger partial charge in [0.15, 0.2) is 10.8 Å². The van der Waals surface area contributed by atoms with Crippen molar-refractivity contribution in [1.82, 2.24) is 29.5 Å². The lowest BCUT2D eigenvalue weighted by Crippen LogP contribution is -2.30. The summed E-state index contributed by atoms with van der Waals surface area (Å²) in [6, 6.07) is 5.69. The maximum absolute atomic E-state index is 12.3. The summed E-state index contributed by atoms with van der Waals surface area (Å²) in [6.07, 6.45) is 4.60. The van der Waals surface area contributed by atoms with Gasteiger partial charge in [0.25, 0.3) is 11.5 Å². The smallest absolute Gasteiger partial charge is 0.271 e. The monoisotopic (exact) mass is 380 g/mol. The van der Waals surface area contributed by atoms with Gasteiger partial charge in [-0.1, -0.05) is 6.07 Å². The fraction of sp³-hybridized carbons (Fsp3) is 0.167. The van der Waals surface area contributed by atoms with Crippen molar-refractivity contribution < 1.29 is 4.79 Å². The molecule has 0 aliphatic rings. The molecular weight excluding hydrogens is 364 g/mol. The molecule has 27 heavy (non-hydrogen) atoms. The Morgan fingerprint density at radius 3 is 2.78 bits per heavy atom. The van der Waals surface area contributed by atoms with Gasteiger partial charge in [0.2, 0.25) is 0 Å². The molecule has 0 fully saturated rings. The van der Waals surface area contributed by atoms with Crippen LogP contribution in [0.15, 0.2) is 47.0 Å². The van der Waals surface area contributed by atoms with Gasteiger partial charge in [-0.15, -0.1) is 11.3 Å². The molecule has 4 rings (SSSR count). The maximum Gasteiger partial charge on any atom is 0.271 e. The van der Waals surface area contributed by atoms with E-state index in [9.17, 15) is 9.59 Å². The van der Waals surface area contributed by atoms with Crippen LogP contribution < -0.4 is 10.9 Å². The van der Waals surface area contributed by atoms with Gasteiger partial charge in [0, 0.05) is 36.2 Å². The Bertz CT molecular complexity index is 1190. The number of hydrogen-bond donors (Lipinski definition) is 1. The number of carbonyl (C=O) groups is 1. The minimum absolute atomic E-state index is 0.0121. The highest BCUT2D eigenvalue weighted by atomic mass is 32.1. The van der Waals surface area contributed by atoms with Crippen LogP contribution in [0, 0.1) is 13.8 Å². The fourth-order valence-corrected chi connectivity index (χ4v) is 3.44. The first-order valence-electron chi connectivity index (χ1n) is 8.24. The number of nitrogens with zero attached hydrogens (tertiary/aromatic N) is 5. The Balaban J connectivity index is 1.48. The van der Waals surface area contributed by atoms with Gasteiger partial charge in [-0.2, -0.15) is 5.10 Å². The van der Waals surface area contributed by atoms with Crippen LogP contribution in [0.4, 0.5) is 0 Å². The molecule has 0 aliphatic carbocycles. The molecule has 4 aromatic heterocycles. The lowest BCUT2D eigenvalue weighted by Gasteiger charge is -2.07. The van der Waals surface area contributed by atoms with Crippen molar-refractivity contribution in [3.05, 3.63) is 75.0 Å². The van der Waals surface area contributed by atoms with Gasteiger partial charge in [-0.3, -0.25) is 14.0 Å². The third-order valence-electron chi connectivity index (χ3n) is 4.08. The van der Waals surface area contributed by atoms with E-state index < -0.39 is 5.91 Å². The molecule has 4 aromatic rings. The molecule has 1 N–H and O–H groups in total. The van der Waals surface area contributed by atoms with Crippen LogP contribution in [0.5, 0.6) is 0 Å². The average molecular weight is 380 g/mol. The molecule has 0 spiro atoms. The zero-order valence-corrected chi connectivity index (χ0v) is 15.5. The molecule has 0 unspecified atom stereocenters. The normalized spacial score (nSPS) is 11.0. The Labute approximate surface area is 158 Å². The topological polar surface area (TPSA) is 94.2 Å². The molecular formula is C18H16N6O2S. The molecule has 0 radical (unpaired) electrons. The fourth-order valence-electron chi connectivity index (χ4n) is 2.77. The van der Waals surface area contributed by atoms with Crippen LogP contribution in [-0.2, 0) is 6.54 Å². The zero-order valence-electron chi connectivity index (χ0n) is 14.7. The quantitative estimate of drug-likeness (QED) is 0.583. The third kappa shape index (κ3) is 3.24. The van der Waals surface area contributed by atoms with Crippen LogP contribution in [0.2, 0.25) is 0 Å². The van der Waals surface area contributed by atoms with E-state index in [-0.39, 0.29) is 17.7 Å². The molecule has 0 saturated heterocycles. The highest BCUT2D eigenvalue weighted by Crippen LogP contribution is 2.10. The van der Waals surface area contributed by atoms with Gasteiger partial charge >= 0.3 is 0 Å². The SMILES string of the molecule is Cc1cc(C)n(-c2ccc(CNC(=O)c3cnc4sccn4c3=O)cn2)n1.